The van der Waals surface area contributed by atoms with Crippen LogP contribution >= 0.6 is 0 Å². The van der Waals surface area contributed by atoms with Gasteiger partial charge in [-0.15, -0.1) is 5.10 Å². The van der Waals surface area contributed by atoms with E-state index < -0.39 is 5.60 Å². The first-order valence-corrected chi connectivity index (χ1v) is 9.64. The third-order valence-corrected chi connectivity index (χ3v) is 5.83. The van der Waals surface area contributed by atoms with Crippen LogP contribution in [-0.2, 0) is 13.0 Å². The molecule has 0 spiro atoms. The summed E-state index contributed by atoms with van der Waals surface area (Å²) in [4.78, 5) is 0. The maximum Gasteiger partial charge on any atom is 0.0888 e. The summed E-state index contributed by atoms with van der Waals surface area (Å²) in [5.74, 6) is 0. The van der Waals surface area contributed by atoms with Crippen LogP contribution in [0.4, 0.5) is 0 Å². The van der Waals surface area contributed by atoms with Crippen LogP contribution in [0.2, 0.25) is 0 Å². The average Bonchev–Trinajstić information content (AvgIpc) is 2.92. The molecule has 1 aromatic heterocycles. The van der Waals surface area contributed by atoms with Gasteiger partial charge in [-0.25, -0.2) is 4.68 Å². The Balaban J connectivity index is 2.54. The number of hydrogen-bond donors (Lipinski definition) is 1. The number of aliphatic hydroxyl groups is 1. The number of aromatic nitrogens is 3. The third-order valence-electron chi connectivity index (χ3n) is 5.83. The van der Waals surface area contributed by atoms with Gasteiger partial charge in [0.2, 0.25) is 0 Å². The Labute approximate surface area is 149 Å². The van der Waals surface area contributed by atoms with Crippen molar-refractivity contribution in [2.45, 2.75) is 106 Å². The van der Waals surface area contributed by atoms with E-state index in [2.05, 4.69) is 51.9 Å². The number of hydrogen-bond acceptors (Lipinski definition) is 3. The molecule has 0 aliphatic rings. The predicted octanol–water partition coefficient (Wildman–Crippen LogP) is 5.00. The zero-order valence-electron chi connectivity index (χ0n) is 17.0. The molecule has 0 unspecified atom stereocenters. The molecule has 1 aromatic rings. The standard InChI is InChI=1S/C20H39N3O/c1-8-19(6,7)14-12-10-11-13-17-15-21-22-23(17)16-20(24,9-2)18(3,4)5/h15,24H,8-14,16H2,1-7H3/t20-/m1/s1. The minimum absolute atomic E-state index is 0.184. The lowest BCUT2D eigenvalue weighted by Gasteiger charge is -2.39. The van der Waals surface area contributed by atoms with Crippen molar-refractivity contribution in [2.24, 2.45) is 10.8 Å². The van der Waals surface area contributed by atoms with E-state index >= 15 is 0 Å². The first-order chi connectivity index (χ1) is 11.0. The summed E-state index contributed by atoms with van der Waals surface area (Å²) >= 11 is 0. The van der Waals surface area contributed by atoms with Gasteiger partial charge >= 0.3 is 0 Å². The van der Waals surface area contributed by atoms with Crippen molar-refractivity contribution in [2.75, 3.05) is 0 Å². The number of rotatable bonds is 10. The SMILES string of the molecule is CCC(C)(C)CCCCCc1cnnn1C[C@](O)(CC)C(C)(C)C. The largest absolute Gasteiger partial charge is 0.387 e. The second-order valence-corrected chi connectivity index (χ2v) is 9.10. The average molecular weight is 338 g/mol. The van der Waals surface area contributed by atoms with Gasteiger partial charge < -0.3 is 5.11 Å². The molecular formula is C20H39N3O. The van der Waals surface area contributed by atoms with Crippen molar-refractivity contribution in [1.29, 1.82) is 0 Å². The van der Waals surface area contributed by atoms with Gasteiger partial charge in [0, 0.05) is 0 Å². The van der Waals surface area contributed by atoms with Crippen molar-refractivity contribution in [3.8, 4) is 0 Å². The van der Waals surface area contributed by atoms with Gasteiger partial charge in [0.05, 0.1) is 24.0 Å². The fourth-order valence-electron chi connectivity index (χ4n) is 3.00. The summed E-state index contributed by atoms with van der Waals surface area (Å²) in [6, 6.07) is 0. The van der Waals surface area contributed by atoms with Crippen LogP contribution in [0.3, 0.4) is 0 Å². The molecule has 4 nitrogen and oxygen atoms in total. The van der Waals surface area contributed by atoms with E-state index in [0.29, 0.717) is 18.4 Å². The Hall–Kier alpha value is -0.900. The Bertz CT molecular complexity index is 487. The summed E-state index contributed by atoms with van der Waals surface area (Å²) < 4.78 is 1.91. The van der Waals surface area contributed by atoms with E-state index in [0.717, 1.165) is 18.5 Å². The van der Waals surface area contributed by atoms with Crippen LogP contribution in [0.25, 0.3) is 0 Å². The highest BCUT2D eigenvalue weighted by molar-refractivity contribution is 4.98. The molecule has 0 amide bonds. The van der Waals surface area contributed by atoms with Crippen LogP contribution in [0.5, 0.6) is 0 Å². The topological polar surface area (TPSA) is 50.9 Å². The lowest BCUT2D eigenvalue weighted by Crippen LogP contribution is -2.46. The maximum atomic E-state index is 11.0. The highest BCUT2D eigenvalue weighted by atomic mass is 16.3. The van der Waals surface area contributed by atoms with Crippen molar-refractivity contribution in [3.05, 3.63) is 11.9 Å². The molecule has 0 saturated carbocycles. The second-order valence-electron chi connectivity index (χ2n) is 9.10. The Kier molecular flexibility index (Phi) is 7.45. The quantitative estimate of drug-likeness (QED) is 0.611. The number of aryl methyl sites for hydroxylation is 1. The van der Waals surface area contributed by atoms with Crippen LogP contribution < -0.4 is 0 Å². The second kappa shape index (κ2) is 8.46. The molecule has 1 N–H and O–H groups in total. The van der Waals surface area contributed by atoms with E-state index in [-0.39, 0.29) is 5.41 Å². The van der Waals surface area contributed by atoms with Crippen molar-refractivity contribution < 1.29 is 5.11 Å². The molecule has 0 saturated heterocycles. The zero-order valence-corrected chi connectivity index (χ0v) is 17.0. The number of unbranched alkanes of at least 4 members (excludes halogenated alkanes) is 2. The van der Waals surface area contributed by atoms with Crippen LogP contribution in [0.15, 0.2) is 6.20 Å². The molecule has 1 atom stereocenters. The van der Waals surface area contributed by atoms with Crippen LogP contribution in [0, 0.1) is 10.8 Å². The fourth-order valence-corrected chi connectivity index (χ4v) is 3.00. The Morgan fingerprint density at radius 3 is 2.21 bits per heavy atom. The van der Waals surface area contributed by atoms with Gasteiger partial charge in [-0.3, -0.25) is 0 Å². The normalized spacial score (nSPS) is 15.5. The van der Waals surface area contributed by atoms with E-state index in [1.54, 1.807) is 0 Å². The van der Waals surface area contributed by atoms with Crippen molar-refractivity contribution >= 4 is 0 Å². The summed E-state index contributed by atoms with van der Waals surface area (Å²) in [6.07, 6.45) is 9.77. The summed E-state index contributed by atoms with van der Waals surface area (Å²) in [5.41, 5.74) is 0.659. The Morgan fingerprint density at radius 2 is 1.67 bits per heavy atom. The van der Waals surface area contributed by atoms with Gasteiger partial charge in [-0.1, -0.05) is 72.9 Å². The molecule has 4 heteroatoms. The number of nitrogens with zero attached hydrogens (tertiary/aromatic N) is 3. The van der Waals surface area contributed by atoms with Gasteiger partial charge in [0.1, 0.15) is 0 Å². The monoisotopic (exact) mass is 337 g/mol. The van der Waals surface area contributed by atoms with Gasteiger partial charge in [-0.05, 0) is 36.5 Å². The third kappa shape index (κ3) is 5.87. The first-order valence-electron chi connectivity index (χ1n) is 9.64. The lowest BCUT2D eigenvalue weighted by atomic mass is 9.74. The summed E-state index contributed by atoms with van der Waals surface area (Å²) in [5, 5.41) is 19.3. The van der Waals surface area contributed by atoms with Gasteiger partial charge in [0.25, 0.3) is 0 Å². The molecule has 0 aromatic carbocycles. The molecular weight excluding hydrogens is 298 g/mol. The maximum absolute atomic E-state index is 11.0. The van der Waals surface area contributed by atoms with Crippen LogP contribution in [-0.4, -0.2) is 25.7 Å². The highest BCUT2D eigenvalue weighted by Gasteiger charge is 2.39. The molecule has 24 heavy (non-hydrogen) atoms. The predicted molar refractivity (Wildman–Crippen MR) is 101 cm³/mol. The van der Waals surface area contributed by atoms with E-state index in [9.17, 15) is 5.11 Å². The van der Waals surface area contributed by atoms with Gasteiger partial charge in [-0.2, -0.15) is 0 Å². The summed E-state index contributed by atoms with van der Waals surface area (Å²) in [7, 11) is 0. The van der Waals surface area contributed by atoms with Crippen molar-refractivity contribution in [1.82, 2.24) is 15.0 Å². The molecule has 1 rings (SSSR count). The first kappa shape index (κ1) is 21.1. The Morgan fingerprint density at radius 1 is 1.00 bits per heavy atom. The van der Waals surface area contributed by atoms with E-state index in [1.165, 1.54) is 25.7 Å². The molecule has 0 radical (unpaired) electrons. The smallest absolute Gasteiger partial charge is 0.0888 e. The molecule has 0 aliphatic heterocycles. The lowest BCUT2D eigenvalue weighted by molar-refractivity contribution is -0.0770. The fraction of sp³-hybridized carbons (Fsp3) is 0.900. The minimum atomic E-state index is -0.763. The molecule has 140 valence electrons. The van der Waals surface area contributed by atoms with Crippen molar-refractivity contribution in [3.63, 3.8) is 0 Å². The molecule has 0 fully saturated rings. The zero-order chi connectivity index (χ0) is 18.4. The molecule has 0 bridgehead atoms. The molecule has 0 aliphatic carbocycles. The van der Waals surface area contributed by atoms with E-state index in [1.807, 2.05) is 17.8 Å². The minimum Gasteiger partial charge on any atom is -0.387 e. The van der Waals surface area contributed by atoms with Gasteiger partial charge in [0.15, 0.2) is 0 Å². The highest BCUT2D eigenvalue weighted by Crippen LogP contribution is 2.34. The summed E-state index contributed by atoms with van der Waals surface area (Å²) in [6.45, 7) is 15.8. The molecule has 1 heterocycles. The van der Waals surface area contributed by atoms with Crippen LogP contribution in [0.1, 0.15) is 92.7 Å². The van der Waals surface area contributed by atoms with E-state index in [4.69, 9.17) is 0 Å².